The van der Waals surface area contributed by atoms with Crippen LogP contribution in [0.3, 0.4) is 0 Å². The topological polar surface area (TPSA) is 0 Å². The van der Waals surface area contributed by atoms with Crippen LogP contribution in [0.5, 0.6) is 0 Å². The first-order valence-corrected chi connectivity index (χ1v) is 14.2. The summed E-state index contributed by atoms with van der Waals surface area (Å²) in [5, 5.41) is 4.56. The Morgan fingerprint density at radius 1 is 0.516 bits per heavy atom. The molecule has 0 N–H and O–H groups in total. The fourth-order valence-corrected chi connectivity index (χ4v) is 13.9. The average molecular weight is 638 g/mol. The van der Waals surface area contributed by atoms with Gasteiger partial charge in [0.15, 0.2) is 0 Å². The maximum absolute atomic E-state index is 3.43. The molecule has 0 aliphatic rings. The summed E-state index contributed by atoms with van der Waals surface area (Å²) in [6.45, 7) is 28.4. The molecular formula is C28H47IrP2+. The first kappa shape index (κ1) is 30.9. The fraction of sp³-hybridized carbons (Fsp3) is 0.571. The summed E-state index contributed by atoms with van der Waals surface area (Å²) < 4.78 is 0. The zero-order valence-corrected chi connectivity index (χ0v) is 26.4. The van der Waals surface area contributed by atoms with Crippen molar-refractivity contribution in [3.05, 3.63) is 60.7 Å². The summed E-state index contributed by atoms with van der Waals surface area (Å²) >= 11 is 0. The summed E-state index contributed by atoms with van der Waals surface area (Å²) in [4.78, 5) is 0. The van der Waals surface area contributed by atoms with E-state index in [0.29, 0.717) is 20.6 Å². The molecule has 0 spiro atoms. The Morgan fingerprint density at radius 3 is 1.23 bits per heavy atom. The largest absolute Gasteiger partial charge is 0.173 e. The van der Waals surface area contributed by atoms with E-state index in [4.69, 9.17) is 0 Å². The second kappa shape index (κ2) is 11.9. The standard InChI is InChI=1S/C14H23P.C14H22P.Ir/c2*1-13(2,3)15(14(4,5)6)12-10-8-7-9-11-12;/h7-11H,1-6H3;7-10H,1-6H3;/q;-1;/p+2. The minimum absolute atomic E-state index is 0. The quantitative estimate of drug-likeness (QED) is 0.231. The molecule has 0 fully saturated rings. The molecule has 0 atom stereocenters. The van der Waals surface area contributed by atoms with Gasteiger partial charge in [-0.2, -0.15) is 18.2 Å². The zero-order valence-electron chi connectivity index (χ0n) is 22.0. The van der Waals surface area contributed by atoms with Crippen LogP contribution in [0.25, 0.3) is 0 Å². The molecular weight excluding hydrogens is 590 g/mol. The zero-order chi connectivity index (χ0) is 23.4. The van der Waals surface area contributed by atoms with Gasteiger partial charge in [-0.25, -0.2) is 0 Å². The third-order valence-corrected chi connectivity index (χ3v) is 12.8. The van der Waals surface area contributed by atoms with E-state index < -0.39 is 15.8 Å². The molecule has 0 bridgehead atoms. The van der Waals surface area contributed by atoms with Crippen LogP contribution in [0, 0.1) is 6.07 Å². The van der Waals surface area contributed by atoms with E-state index in [2.05, 4.69) is 132 Å². The Balaban J connectivity index is 0.000000562. The second-order valence-electron chi connectivity index (χ2n) is 12.4. The van der Waals surface area contributed by atoms with E-state index in [1.54, 1.807) is 5.30 Å². The Morgan fingerprint density at radius 2 is 0.903 bits per heavy atom. The molecule has 2 aromatic rings. The van der Waals surface area contributed by atoms with Gasteiger partial charge in [0, 0.05) is 35.9 Å². The van der Waals surface area contributed by atoms with Gasteiger partial charge in [0.25, 0.3) is 0 Å². The van der Waals surface area contributed by atoms with Crippen LogP contribution in [0.2, 0.25) is 0 Å². The molecule has 3 heteroatoms. The van der Waals surface area contributed by atoms with Gasteiger partial charge in [0.1, 0.15) is 0 Å². The molecule has 2 aromatic carbocycles. The summed E-state index contributed by atoms with van der Waals surface area (Å²) in [5.41, 5.74) is 0. The molecule has 0 amide bonds. The van der Waals surface area contributed by atoms with Crippen LogP contribution in [0.1, 0.15) is 83.1 Å². The molecule has 0 heterocycles. The van der Waals surface area contributed by atoms with E-state index in [1.165, 1.54) is 5.30 Å². The Bertz CT molecular complexity index is 647. The van der Waals surface area contributed by atoms with Crippen LogP contribution < -0.4 is 10.6 Å². The molecule has 0 unspecified atom stereocenters. The van der Waals surface area contributed by atoms with Crippen molar-refractivity contribution in [2.24, 2.45) is 0 Å². The Hall–Kier alpha value is -0.0506. The number of benzene rings is 2. The van der Waals surface area contributed by atoms with Gasteiger partial charge < -0.3 is 0 Å². The Labute approximate surface area is 210 Å². The molecule has 0 aliphatic heterocycles. The summed E-state index contributed by atoms with van der Waals surface area (Å²) in [7, 11) is -1.16. The van der Waals surface area contributed by atoms with E-state index in [9.17, 15) is 0 Å². The van der Waals surface area contributed by atoms with E-state index in [1.807, 2.05) is 12.1 Å². The van der Waals surface area contributed by atoms with Crippen molar-refractivity contribution in [2.45, 2.75) is 104 Å². The maximum Gasteiger partial charge on any atom is 0.0925 e. The molecule has 0 saturated heterocycles. The van der Waals surface area contributed by atoms with Crippen molar-refractivity contribution in [1.82, 2.24) is 0 Å². The number of hydrogen-bond donors (Lipinski definition) is 0. The summed E-state index contributed by atoms with van der Waals surface area (Å²) in [6, 6.07) is 22.9. The van der Waals surface area contributed by atoms with Crippen molar-refractivity contribution < 1.29 is 20.1 Å². The molecule has 2 rings (SSSR count). The van der Waals surface area contributed by atoms with Crippen molar-refractivity contribution in [2.75, 3.05) is 0 Å². The number of hydrogen-bond acceptors (Lipinski definition) is 0. The van der Waals surface area contributed by atoms with E-state index in [-0.39, 0.29) is 20.1 Å². The van der Waals surface area contributed by atoms with Crippen LogP contribution in [0.4, 0.5) is 0 Å². The van der Waals surface area contributed by atoms with Crippen molar-refractivity contribution >= 4 is 26.5 Å². The fourth-order valence-electron chi connectivity index (χ4n) is 5.08. The van der Waals surface area contributed by atoms with Gasteiger partial charge in [-0.15, -0.1) is 12.1 Å². The van der Waals surface area contributed by atoms with Crippen molar-refractivity contribution in [3.63, 3.8) is 0 Å². The second-order valence-corrected chi connectivity index (χ2v) is 21.0. The average Bonchev–Trinajstić information content (AvgIpc) is 2.52. The Kier molecular flexibility index (Phi) is 11.9. The van der Waals surface area contributed by atoms with Gasteiger partial charge >= 0.3 is 0 Å². The van der Waals surface area contributed by atoms with E-state index in [0.717, 1.165) is 0 Å². The minimum Gasteiger partial charge on any atom is -0.173 e. The summed E-state index contributed by atoms with van der Waals surface area (Å²) in [5.74, 6) is 0. The molecule has 0 nitrogen and oxygen atoms in total. The SMILES string of the molecule is CC(C)(C)[PH+](c1[c-]cccc1)C(C)(C)C.CC(C)(C)[PH+](c1ccccc1)C(C)(C)C.[Ir]. The van der Waals surface area contributed by atoms with Crippen LogP contribution in [-0.2, 0) is 20.1 Å². The third-order valence-electron chi connectivity index (χ3n) is 5.04. The molecule has 1 radical (unpaired) electrons. The minimum atomic E-state index is -0.609. The summed E-state index contributed by atoms with van der Waals surface area (Å²) in [6.07, 6.45) is 0. The van der Waals surface area contributed by atoms with Gasteiger partial charge in [-0.1, -0.05) is 18.2 Å². The first-order chi connectivity index (χ1) is 13.5. The van der Waals surface area contributed by atoms with Crippen LogP contribution in [-0.4, -0.2) is 20.6 Å². The normalized spacial score (nSPS) is 12.8. The predicted molar refractivity (Wildman–Crippen MR) is 147 cm³/mol. The van der Waals surface area contributed by atoms with Crippen molar-refractivity contribution in [1.29, 1.82) is 0 Å². The third kappa shape index (κ3) is 10.2. The molecule has 177 valence electrons. The van der Waals surface area contributed by atoms with E-state index >= 15 is 0 Å². The monoisotopic (exact) mass is 638 g/mol. The molecule has 31 heavy (non-hydrogen) atoms. The van der Waals surface area contributed by atoms with Crippen LogP contribution >= 0.6 is 15.8 Å². The van der Waals surface area contributed by atoms with Gasteiger partial charge in [-0.3, -0.25) is 0 Å². The molecule has 0 aliphatic carbocycles. The van der Waals surface area contributed by atoms with Gasteiger partial charge in [-0.05, 0) is 101 Å². The maximum atomic E-state index is 3.43. The van der Waals surface area contributed by atoms with Crippen LogP contribution in [0.15, 0.2) is 54.6 Å². The molecule has 0 saturated carbocycles. The van der Waals surface area contributed by atoms with Gasteiger partial charge in [0.2, 0.25) is 0 Å². The predicted octanol–water partition coefficient (Wildman–Crippen LogP) is 8.04. The molecule has 0 aromatic heterocycles. The van der Waals surface area contributed by atoms with Crippen molar-refractivity contribution in [3.8, 4) is 0 Å². The number of rotatable bonds is 2. The van der Waals surface area contributed by atoms with Gasteiger partial charge in [0.05, 0.1) is 25.9 Å². The first-order valence-electron chi connectivity index (χ1n) is 11.2. The smallest absolute Gasteiger partial charge is 0.0925 e.